The number of pyridine rings is 1. The van der Waals surface area contributed by atoms with Crippen LogP contribution < -0.4 is 0 Å². The van der Waals surface area contributed by atoms with Gasteiger partial charge in [0.2, 0.25) is 0 Å². The summed E-state index contributed by atoms with van der Waals surface area (Å²) in [6.45, 7) is 0.361. The first kappa shape index (κ1) is 17.3. The lowest BCUT2D eigenvalue weighted by Crippen LogP contribution is -1.97. The van der Waals surface area contributed by atoms with Gasteiger partial charge in [-0.3, -0.25) is 14.6 Å². The van der Waals surface area contributed by atoms with Crippen LogP contribution in [0.5, 0.6) is 0 Å². The summed E-state index contributed by atoms with van der Waals surface area (Å²) in [5.41, 5.74) is 2.88. The standard InChI is InChI=1S/C18H18N2O4/c21-13-14-5-3-6-15(11-14)18-16(7-4-9-19-18)12-20-24-10-2-1-8-17(22)23/h3-7,9,11-13H,1-2,8,10H2,(H,22,23). The van der Waals surface area contributed by atoms with Crippen LogP contribution in [0.1, 0.15) is 35.2 Å². The summed E-state index contributed by atoms with van der Waals surface area (Å²) >= 11 is 0. The zero-order chi connectivity index (χ0) is 17.2. The Kier molecular flexibility index (Phi) is 6.64. The summed E-state index contributed by atoms with van der Waals surface area (Å²) < 4.78 is 0. The van der Waals surface area contributed by atoms with E-state index in [2.05, 4.69) is 10.1 Å². The molecule has 1 N–H and O–H groups in total. The van der Waals surface area contributed by atoms with Crippen LogP contribution in [0.25, 0.3) is 11.3 Å². The third kappa shape index (κ3) is 5.31. The van der Waals surface area contributed by atoms with Gasteiger partial charge in [-0.1, -0.05) is 23.4 Å². The number of rotatable bonds is 9. The summed E-state index contributed by atoms with van der Waals surface area (Å²) in [5.74, 6) is -0.809. The molecule has 0 aliphatic rings. The number of carboxylic acids is 1. The van der Waals surface area contributed by atoms with Crippen molar-refractivity contribution in [2.75, 3.05) is 6.61 Å². The topological polar surface area (TPSA) is 88.9 Å². The van der Waals surface area contributed by atoms with Gasteiger partial charge in [-0.2, -0.15) is 0 Å². The number of hydrogen-bond donors (Lipinski definition) is 1. The Morgan fingerprint density at radius 2 is 2.12 bits per heavy atom. The molecular formula is C18H18N2O4. The smallest absolute Gasteiger partial charge is 0.303 e. The van der Waals surface area contributed by atoms with Gasteiger partial charge in [0, 0.05) is 29.3 Å². The molecule has 1 aromatic heterocycles. The van der Waals surface area contributed by atoms with Crippen LogP contribution in [-0.2, 0) is 9.63 Å². The number of nitrogens with zero attached hydrogens (tertiary/aromatic N) is 2. The quantitative estimate of drug-likeness (QED) is 0.331. The van der Waals surface area contributed by atoms with Crippen molar-refractivity contribution in [3.63, 3.8) is 0 Å². The van der Waals surface area contributed by atoms with Gasteiger partial charge in [0.15, 0.2) is 0 Å². The fourth-order valence-corrected chi connectivity index (χ4v) is 2.11. The second-order valence-electron chi connectivity index (χ2n) is 5.10. The van der Waals surface area contributed by atoms with E-state index in [1.165, 1.54) is 0 Å². The van der Waals surface area contributed by atoms with Crippen molar-refractivity contribution < 1.29 is 19.5 Å². The Labute approximate surface area is 139 Å². The Morgan fingerprint density at radius 1 is 1.25 bits per heavy atom. The van der Waals surface area contributed by atoms with E-state index in [0.717, 1.165) is 17.4 Å². The molecule has 0 atom stereocenters. The van der Waals surface area contributed by atoms with Crippen LogP contribution in [-0.4, -0.2) is 35.2 Å². The molecule has 2 rings (SSSR count). The summed E-state index contributed by atoms with van der Waals surface area (Å²) in [7, 11) is 0. The van der Waals surface area contributed by atoms with Crippen molar-refractivity contribution in [1.29, 1.82) is 0 Å². The van der Waals surface area contributed by atoms with Crippen molar-refractivity contribution in [2.45, 2.75) is 19.3 Å². The second-order valence-corrected chi connectivity index (χ2v) is 5.10. The molecule has 0 saturated carbocycles. The molecule has 0 radical (unpaired) electrons. The number of oxime groups is 1. The van der Waals surface area contributed by atoms with E-state index in [-0.39, 0.29) is 6.42 Å². The summed E-state index contributed by atoms with van der Waals surface area (Å²) in [4.78, 5) is 30.8. The number of carboxylic acid groups (broad SMARTS) is 1. The number of carbonyl (C=O) groups excluding carboxylic acids is 1. The molecule has 0 unspecified atom stereocenters. The van der Waals surface area contributed by atoms with E-state index in [4.69, 9.17) is 9.94 Å². The Morgan fingerprint density at radius 3 is 2.92 bits per heavy atom. The van der Waals surface area contributed by atoms with Gasteiger partial charge in [-0.15, -0.1) is 0 Å². The van der Waals surface area contributed by atoms with E-state index in [1.54, 1.807) is 36.7 Å². The fourth-order valence-electron chi connectivity index (χ4n) is 2.11. The Hall–Kier alpha value is -3.02. The number of aldehydes is 1. The predicted molar refractivity (Wildman–Crippen MR) is 90.1 cm³/mol. The molecule has 0 fully saturated rings. The molecule has 0 bridgehead atoms. The van der Waals surface area contributed by atoms with Gasteiger partial charge in [0.1, 0.15) is 12.9 Å². The maximum Gasteiger partial charge on any atom is 0.303 e. The number of benzene rings is 1. The largest absolute Gasteiger partial charge is 0.481 e. The first-order chi connectivity index (χ1) is 11.7. The minimum absolute atomic E-state index is 0.132. The molecule has 124 valence electrons. The Balaban J connectivity index is 1.99. The summed E-state index contributed by atoms with van der Waals surface area (Å²) in [5, 5.41) is 12.4. The lowest BCUT2D eigenvalue weighted by molar-refractivity contribution is -0.137. The first-order valence-corrected chi connectivity index (χ1v) is 7.58. The van der Waals surface area contributed by atoms with Crippen LogP contribution >= 0.6 is 0 Å². The Bertz CT molecular complexity index is 728. The predicted octanol–water partition coefficient (Wildman–Crippen LogP) is 3.17. The molecule has 24 heavy (non-hydrogen) atoms. The molecule has 0 aliphatic heterocycles. The van der Waals surface area contributed by atoms with Crippen LogP contribution in [0.2, 0.25) is 0 Å². The van der Waals surface area contributed by atoms with Gasteiger partial charge in [-0.05, 0) is 31.0 Å². The maximum atomic E-state index is 10.9. The van der Waals surface area contributed by atoms with Gasteiger partial charge in [-0.25, -0.2) is 0 Å². The number of aliphatic carboxylic acids is 1. The highest BCUT2D eigenvalue weighted by Gasteiger charge is 2.05. The van der Waals surface area contributed by atoms with E-state index >= 15 is 0 Å². The molecule has 0 amide bonds. The van der Waals surface area contributed by atoms with Gasteiger partial charge >= 0.3 is 5.97 Å². The molecule has 1 aromatic carbocycles. The van der Waals surface area contributed by atoms with Crippen molar-refractivity contribution in [3.05, 3.63) is 53.7 Å². The van der Waals surface area contributed by atoms with E-state index < -0.39 is 5.97 Å². The molecule has 2 aromatic rings. The number of aromatic nitrogens is 1. The molecule has 1 heterocycles. The monoisotopic (exact) mass is 326 g/mol. The fraction of sp³-hybridized carbons (Fsp3) is 0.222. The van der Waals surface area contributed by atoms with Gasteiger partial charge in [0.25, 0.3) is 0 Å². The van der Waals surface area contributed by atoms with Gasteiger partial charge < -0.3 is 9.94 Å². The normalized spacial score (nSPS) is 10.7. The average Bonchev–Trinajstić information content (AvgIpc) is 2.61. The zero-order valence-electron chi connectivity index (χ0n) is 13.1. The van der Waals surface area contributed by atoms with E-state index in [9.17, 15) is 9.59 Å². The minimum atomic E-state index is -0.809. The first-order valence-electron chi connectivity index (χ1n) is 7.58. The lowest BCUT2D eigenvalue weighted by atomic mass is 10.0. The van der Waals surface area contributed by atoms with Crippen LogP contribution in [0.3, 0.4) is 0 Å². The maximum absolute atomic E-state index is 10.9. The minimum Gasteiger partial charge on any atom is -0.481 e. The summed E-state index contributed by atoms with van der Waals surface area (Å²) in [6, 6.07) is 10.8. The average molecular weight is 326 g/mol. The highest BCUT2D eigenvalue weighted by atomic mass is 16.6. The van der Waals surface area contributed by atoms with Crippen molar-refractivity contribution in [2.24, 2.45) is 5.16 Å². The third-order valence-corrected chi connectivity index (χ3v) is 3.28. The van der Waals surface area contributed by atoms with Crippen molar-refractivity contribution >= 4 is 18.5 Å². The summed E-state index contributed by atoms with van der Waals surface area (Å²) in [6.07, 6.45) is 5.35. The van der Waals surface area contributed by atoms with Crippen molar-refractivity contribution in [1.82, 2.24) is 4.98 Å². The number of unbranched alkanes of at least 4 members (excludes halogenated alkanes) is 1. The molecule has 6 nitrogen and oxygen atoms in total. The molecular weight excluding hydrogens is 308 g/mol. The van der Waals surface area contributed by atoms with Gasteiger partial charge in [0.05, 0.1) is 11.9 Å². The highest BCUT2D eigenvalue weighted by molar-refractivity contribution is 5.89. The third-order valence-electron chi connectivity index (χ3n) is 3.28. The molecule has 0 aliphatic carbocycles. The zero-order valence-corrected chi connectivity index (χ0v) is 13.1. The SMILES string of the molecule is O=Cc1cccc(-c2ncccc2C=NOCCCCC(=O)O)c1. The van der Waals surface area contributed by atoms with Crippen LogP contribution in [0.15, 0.2) is 47.8 Å². The second kappa shape index (κ2) is 9.19. The van der Waals surface area contributed by atoms with E-state index in [1.807, 2.05) is 12.1 Å². The highest BCUT2D eigenvalue weighted by Crippen LogP contribution is 2.20. The van der Waals surface area contributed by atoms with E-state index in [0.29, 0.717) is 30.7 Å². The lowest BCUT2D eigenvalue weighted by Gasteiger charge is -2.05. The molecule has 0 spiro atoms. The van der Waals surface area contributed by atoms with Crippen LogP contribution in [0.4, 0.5) is 0 Å². The van der Waals surface area contributed by atoms with Crippen LogP contribution in [0, 0.1) is 0 Å². The molecule has 6 heteroatoms. The number of hydrogen-bond acceptors (Lipinski definition) is 5. The van der Waals surface area contributed by atoms with Crippen molar-refractivity contribution in [3.8, 4) is 11.3 Å². The number of carbonyl (C=O) groups is 2. The molecule has 0 saturated heterocycles.